The van der Waals surface area contributed by atoms with E-state index in [1.165, 1.54) is 17.5 Å². The molecule has 3 nitrogen and oxygen atoms in total. The molecule has 6 heteroatoms. The Morgan fingerprint density at radius 3 is 2.39 bits per heavy atom. The number of fused-ring (bicyclic) bond motifs is 1. The number of piperazine rings is 1. The minimum absolute atomic E-state index is 0.160. The van der Waals surface area contributed by atoms with E-state index in [-0.39, 0.29) is 5.82 Å². The highest BCUT2D eigenvalue weighted by atomic mass is 32.2. The number of hydrogen-bond acceptors (Lipinski definition) is 4. The molecule has 1 saturated heterocycles. The van der Waals surface area contributed by atoms with E-state index < -0.39 is 8.07 Å². The molecule has 0 spiro atoms. The molecular weight excluding hydrogens is 385 g/mol. The van der Waals surface area contributed by atoms with E-state index in [9.17, 15) is 4.39 Å². The molecule has 150 valence electrons. The van der Waals surface area contributed by atoms with Gasteiger partial charge >= 0.3 is 0 Å². The van der Waals surface area contributed by atoms with Crippen molar-refractivity contribution in [1.29, 1.82) is 0 Å². The number of nitrogens with zero attached hydrogens (tertiary/aromatic N) is 3. The fraction of sp³-hybridized carbons (Fsp3) is 0.455. The Labute approximate surface area is 173 Å². The highest BCUT2D eigenvalue weighted by molar-refractivity contribution is 7.97. The highest BCUT2D eigenvalue weighted by Crippen LogP contribution is 2.30. The molecule has 0 aliphatic carbocycles. The van der Waals surface area contributed by atoms with E-state index >= 15 is 0 Å². The summed E-state index contributed by atoms with van der Waals surface area (Å²) in [6.07, 6.45) is 2.46. The van der Waals surface area contributed by atoms with Crippen LogP contribution in [0.3, 0.4) is 0 Å². The average molecular weight is 416 g/mol. The maximum atomic E-state index is 13.1. The van der Waals surface area contributed by atoms with Crippen molar-refractivity contribution in [3.05, 3.63) is 54.3 Å². The van der Waals surface area contributed by atoms with Crippen LogP contribution in [0.25, 0.3) is 0 Å². The summed E-state index contributed by atoms with van der Waals surface area (Å²) in [4.78, 5) is 6.41. The van der Waals surface area contributed by atoms with Crippen LogP contribution in [0.15, 0.2) is 53.4 Å². The minimum Gasteiger partial charge on any atom is -0.369 e. The molecule has 4 rings (SSSR count). The lowest BCUT2D eigenvalue weighted by atomic mass is 10.2. The first-order valence-electron chi connectivity index (χ1n) is 10.3. The predicted octanol–water partition coefficient (Wildman–Crippen LogP) is 3.82. The Morgan fingerprint density at radius 2 is 1.64 bits per heavy atom. The topological polar surface area (TPSA) is 9.72 Å². The molecule has 2 aromatic carbocycles. The van der Waals surface area contributed by atoms with E-state index in [0.29, 0.717) is 0 Å². The van der Waals surface area contributed by atoms with Gasteiger partial charge in [0.2, 0.25) is 0 Å². The van der Waals surface area contributed by atoms with Gasteiger partial charge in [-0.3, -0.25) is 4.90 Å². The van der Waals surface area contributed by atoms with Gasteiger partial charge in [0.15, 0.2) is 0 Å². The summed E-state index contributed by atoms with van der Waals surface area (Å²) in [7, 11) is -1.36. The maximum Gasteiger partial charge on any atom is 0.123 e. The van der Waals surface area contributed by atoms with E-state index in [0.717, 1.165) is 45.0 Å². The lowest BCUT2D eigenvalue weighted by Crippen LogP contribution is -2.54. The lowest BCUT2D eigenvalue weighted by molar-refractivity contribution is 0.249. The molecule has 2 aromatic rings. The molecule has 0 saturated carbocycles. The monoisotopic (exact) mass is 415 g/mol. The van der Waals surface area contributed by atoms with Gasteiger partial charge < -0.3 is 4.90 Å². The molecule has 0 amide bonds. The van der Waals surface area contributed by atoms with Crippen molar-refractivity contribution in [3.8, 4) is 0 Å². The minimum atomic E-state index is -1.36. The van der Waals surface area contributed by atoms with E-state index in [1.54, 1.807) is 17.3 Å². The van der Waals surface area contributed by atoms with Gasteiger partial charge in [0.25, 0.3) is 0 Å². The third-order valence-corrected chi connectivity index (χ3v) is 10.5. The second-order valence-electron chi connectivity index (χ2n) is 8.49. The third-order valence-electron chi connectivity index (χ3n) is 5.86. The highest BCUT2D eigenvalue weighted by Gasteiger charge is 2.33. The summed E-state index contributed by atoms with van der Waals surface area (Å²) in [6.45, 7) is 11.5. The Morgan fingerprint density at radius 1 is 0.929 bits per heavy atom. The molecule has 0 unspecified atom stereocenters. The average Bonchev–Trinajstić information content (AvgIpc) is 2.69. The molecule has 1 fully saturated rings. The number of hydrogen-bond donors (Lipinski definition) is 0. The van der Waals surface area contributed by atoms with E-state index in [1.807, 2.05) is 24.1 Å². The van der Waals surface area contributed by atoms with E-state index in [2.05, 4.69) is 51.5 Å². The fourth-order valence-corrected chi connectivity index (χ4v) is 9.78. The van der Waals surface area contributed by atoms with Gasteiger partial charge in [-0.1, -0.05) is 31.3 Å². The van der Waals surface area contributed by atoms with Gasteiger partial charge in [0.05, 0.1) is 8.07 Å². The maximum absolute atomic E-state index is 13.1. The summed E-state index contributed by atoms with van der Waals surface area (Å²) in [5.41, 5.74) is 1.14. The molecule has 0 bridgehead atoms. The fourth-order valence-electron chi connectivity index (χ4n) is 4.28. The third kappa shape index (κ3) is 4.62. The standard InChI is InChI=1S/C22H30FN3SSi/c1-28(2)18-26(27-21-6-3-4-7-22(21)28)13-5-12-24-14-16-25(17-15-24)20-10-8-19(23)9-11-20/h3-4,6-11H,5,12-18H2,1-2H3. The van der Waals surface area contributed by atoms with Crippen LogP contribution in [0, 0.1) is 5.82 Å². The van der Waals surface area contributed by atoms with Crippen molar-refractivity contribution < 1.29 is 4.39 Å². The first-order valence-corrected chi connectivity index (χ1v) is 14.2. The predicted molar refractivity (Wildman–Crippen MR) is 121 cm³/mol. The Kier molecular flexibility index (Phi) is 6.11. The molecule has 0 radical (unpaired) electrons. The number of halogens is 1. The van der Waals surface area contributed by atoms with Gasteiger partial charge in [0, 0.05) is 49.5 Å². The van der Waals surface area contributed by atoms with Crippen LogP contribution in [-0.2, 0) is 0 Å². The number of rotatable bonds is 5. The zero-order valence-electron chi connectivity index (χ0n) is 16.9. The normalized spacial score (nSPS) is 20.2. The molecule has 2 heterocycles. The van der Waals surface area contributed by atoms with Crippen LogP contribution in [0.4, 0.5) is 10.1 Å². The van der Waals surface area contributed by atoms with Gasteiger partial charge in [-0.15, -0.1) is 0 Å². The molecule has 0 atom stereocenters. The SMILES string of the molecule is C[Si]1(C)CN(CCCN2CCN(c3ccc(F)cc3)CC2)Sc2ccccc21. The second kappa shape index (κ2) is 8.57. The largest absolute Gasteiger partial charge is 0.369 e. The lowest BCUT2D eigenvalue weighted by Gasteiger charge is -2.38. The Hall–Kier alpha value is -1.34. The van der Waals surface area contributed by atoms with Gasteiger partial charge in [0.1, 0.15) is 5.82 Å². The van der Waals surface area contributed by atoms with Crippen molar-refractivity contribution in [2.45, 2.75) is 24.4 Å². The molecule has 0 aromatic heterocycles. The molecular formula is C22H30FN3SSi. The van der Waals surface area contributed by atoms with Crippen molar-refractivity contribution in [2.75, 3.05) is 50.3 Å². The second-order valence-corrected chi connectivity index (χ2v) is 14.3. The van der Waals surface area contributed by atoms with Crippen LogP contribution in [0.5, 0.6) is 0 Å². The Balaban J connectivity index is 1.23. The number of benzene rings is 2. The molecule has 2 aliphatic heterocycles. The zero-order chi connectivity index (χ0) is 19.6. The van der Waals surface area contributed by atoms with Crippen molar-refractivity contribution >= 4 is 30.9 Å². The van der Waals surface area contributed by atoms with Crippen molar-refractivity contribution in [1.82, 2.24) is 9.21 Å². The summed E-state index contributed by atoms with van der Waals surface area (Å²) in [5.74, 6) is -0.160. The molecule has 2 aliphatic rings. The van der Waals surface area contributed by atoms with Gasteiger partial charge in [-0.2, -0.15) is 0 Å². The van der Waals surface area contributed by atoms with Gasteiger partial charge in [-0.25, -0.2) is 8.70 Å². The van der Waals surface area contributed by atoms with Crippen molar-refractivity contribution in [3.63, 3.8) is 0 Å². The van der Waals surface area contributed by atoms with Crippen LogP contribution < -0.4 is 10.1 Å². The Bertz CT molecular complexity index is 791. The summed E-state index contributed by atoms with van der Waals surface area (Å²) < 4.78 is 15.7. The number of anilines is 1. The molecule has 0 N–H and O–H groups in total. The summed E-state index contributed by atoms with van der Waals surface area (Å²) in [5, 5.41) is 1.62. The first-order chi connectivity index (χ1) is 13.5. The quantitative estimate of drug-likeness (QED) is 0.542. The van der Waals surface area contributed by atoms with Crippen LogP contribution in [-0.4, -0.2) is 62.7 Å². The molecule has 28 heavy (non-hydrogen) atoms. The smallest absolute Gasteiger partial charge is 0.123 e. The van der Waals surface area contributed by atoms with Crippen molar-refractivity contribution in [2.24, 2.45) is 0 Å². The van der Waals surface area contributed by atoms with E-state index in [4.69, 9.17) is 0 Å². The summed E-state index contributed by atoms with van der Waals surface area (Å²) >= 11 is 1.96. The van der Waals surface area contributed by atoms with Gasteiger partial charge in [-0.05, 0) is 60.4 Å². The van der Waals surface area contributed by atoms with Crippen LogP contribution in [0.2, 0.25) is 13.1 Å². The zero-order valence-corrected chi connectivity index (χ0v) is 18.7. The first kappa shape index (κ1) is 20.0. The van der Waals surface area contributed by atoms with Crippen LogP contribution in [0.1, 0.15) is 6.42 Å². The van der Waals surface area contributed by atoms with Crippen LogP contribution >= 0.6 is 11.9 Å². The summed E-state index contributed by atoms with van der Waals surface area (Å²) in [6, 6.07) is 15.9.